The van der Waals surface area contributed by atoms with Gasteiger partial charge in [-0.05, 0) is 36.1 Å². The molecule has 2 fully saturated rings. The third kappa shape index (κ3) is 6.18. The van der Waals surface area contributed by atoms with Gasteiger partial charge in [0.05, 0.1) is 13.1 Å². The van der Waals surface area contributed by atoms with E-state index in [9.17, 15) is 14.7 Å². The maximum absolute atomic E-state index is 12.7. The summed E-state index contributed by atoms with van der Waals surface area (Å²) in [6.45, 7) is 7.78. The topological polar surface area (TPSA) is 101 Å². The lowest BCUT2D eigenvalue weighted by Gasteiger charge is -2.42. The summed E-state index contributed by atoms with van der Waals surface area (Å²) in [6.07, 6.45) is 1.07. The lowest BCUT2D eigenvalue weighted by Crippen LogP contribution is -2.46. The van der Waals surface area contributed by atoms with Gasteiger partial charge in [-0.1, -0.05) is 12.1 Å². The van der Waals surface area contributed by atoms with Crippen LogP contribution in [0.15, 0.2) is 56.5 Å². The van der Waals surface area contributed by atoms with Crippen molar-refractivity contribution in [1.29, 1.82) is 0 Å². The molecule has 2 atom stereocenters. The molecule has 12 heteroatoms. The van der Waals surface area contributed by atoms with Crippen LogP contribution in [-0.2, 0) is 26.2 Å². The van der Waals surface area contributed by atoms with Gasteiger partial charge in [0.2, 0.25) is 18.0 Å². The van der Waals surface area contributed by atoms with Crippen LogP contribution < -0.4 is 20.5 Å². The number of aromatic nitrogens is 1. The highest BCUT2D eigenvalue weighted by Gasteiger charge is 2.35. The van der Waals surface area contributed by atoms with Gasteiger partial charge < -0.3 is 23.6 Å². The molecule has 10 nitrogen and oxygen atoms in total. The number of aromatic hydroxyl groups is 1. The van der Waals surface area contributed by atoms with Crippen molar-refractivity contribution in [3.8, 4) is 17.2 Å². The maximum atomic E-state index is 12.7. The molecule has 0 unspecified atom stereocenters. The van der Waals surface area contributed by atoms with Crippen molar-refractivity contribution in [3.05, 3.63) is 85.8 Å². The first-order chi connectivity index (χ1) is 19.5. The summed E-state index contributed by atoms with van der Waals surface area (Å²) in [5, 5.41) is 10.5. The van der Waals surface area contributed by atoms with E-state index in [0.717, 1.165) is 76.0 Å². The molecular formula is C30H36Cl2N4O6. The average Bonchev–Trinajstić information content (AvgIpc) is 3.41. The van der Waals surface area contributed by atoms with Crippen LogP contribution in [-0.4, -0.2) is 70.4 Å². The van der Waals surface area contributed by atoms with Crippen LogP contribution in [0.5, 0.6) is 17.2 Å². The van der Waals surface area contributed by atoms with Crippen LogP contribution in [0, 0.1) is 5.92 Å². The molecule has 0 aliphatic carbocycles. The fraction of sp³-hybridized carbons (Fsp3) is 0.467. The molecule has 42 heavy (non-hydrogen) atoms. The highest BCUT2D eigenvalue weighted by atomic mass is 35.5. The predicted octanol–water partition coefficient (Wildman–Crippen LogP) is 3.02. The summed E-state index contributed by atoms with van der Waals surface area (Å²) in [5.41, 5.74) is 1.96. The van der Waals surface area contributed by atoms with Crippen LogP contribution in [0.2, 0.25) is 0 Å². The molecule has 0 amide bonds. The largest absolute Gasteiger partial charge is 0.502 e. The van der Waals surface area contributed by atoms with Gasteiger partial charge in [0.15, 0.2) is 17.3 Å². The van der Waals surface area contributed by atoms with Crippen molar-refractivity contribution >= 4 is 24.8 Å². The zero-order valence-electron chi connectivity index (χ0n) is 23.3. The number of halogens is 2. The van der Waals surface area contributed by atoms with Gasteiger partial charge in [-0.2, -0.15) is 0 Å². The van der Waals surface area contributed by atoms with E-state index in [-0.39, 0.29) is 42.9 Å². The Hall–Kier alpha value is -3.02. The van der Waals surface area contributed by atoms with E-state index in [1.165, 1.54) is 11.6 Å². The minimum atomic E-state index is -0.396. The van der Waals surface area contributed by atoms with E-state index in [0.29, 0.717) is 36.4 Å². The van der Waals surface area contributed by atoms with Gasteiger partial charge in [0.25, 0.3) is 5.56 Å². The monoisotopic (exact) mass is 618 g/mol. The Balaban J connectivity index is 0.00000176. The number of hydrogen-bond acceptors (Lipinski definition) is 9. The zero-order chi connectivity index (χ0) is 27.2. The Morgan fingerprint density at radius 2 is 1.57 bits per heavy atom. The summed E-state index contributed by atoms with van der Waals surface area (Å²) < 4.78 is 19.0. The third-order valence-electron chi connectivity index (χ3n) is 8.65. The Morgan fingerprint density at radius 1 is 0.810 bits per heavy atom. The normalized spacial score (nSPS) is 21.7. The van der Waals surface area contributed by atoms with Crippen molar-refractivity contribution in [2.75, 3.05) is 46.1 Å². The van der Waals surface area contributed by atoms with Gasteiger partial charge >= 0.3 is 0 Å². The van der Waals surface area contributed by atoms with Gasteiger partial charge in [-0.25, -0.2) is 0 Å². The average molecular weight is 620 g/mol. The molecule has 0 saturated carbocycles. The minimum Gasteiger partial charge on any atom is -0.502 e. The molecule has 7 rings (SSSR count). The first kappa shape index (κ1) is 30.4. The van der Waals surface area contributed by atoms with E-state index in [1.807, 2.05) is 22.8 Å². The van der Waals surface area contributed by atoms with Crippen LogP contribution in [0.25, 0.3) is 0 Å². The molecule has 4 aliphatic rings. The lowest BCUT2D eigenvalue weighted by molar-refractivity contribution is 0.100. The first-order valence-electron chi connectivity index (χ1n) is 14.1. The standard InChI is InChI=1S/C30H34N4O6.2ClH/c35-25-12-23(17-33-14-21-10-22(16-33)24-2-1-3-29(36)34(24)15-21)40-28(30(25)37)18-32-8-6-31(7-9-32)13-20-4-5-26-27(11-20)39-19-38-26;;/h1-5,11-12,21-22,37H,6-10,13-19H2;2*1H/t21-,22+;;/m1../s1. The lowest BCUT2D eigenvalue weighted by atomic mass is 9.83. The fourth-order valence-electron chi connectivity index (χ4n) is 6.72. The van der Waals surface area contributed by atoms with E-state index >= 15 is 0 Å². The molecule has 3 aromatic rings. The number of ether oxygens (including phenoxy) is 2. The van der Waals surface area contributed by atoms with Gasteiger partial charge in [-0.15, -0.1) is 24.8 Å². The number of hydrogen-bond donors (Lipinski definition) is 1. The van der Waals surface area contributed by atoms with Crippen LogP contribution >= 0.6 is 24.8 Å². The summed E-state index contributed by atoms with van der Waals surface area (Å²) in [4.78, 5) is 31.9. The molecule has 2 aromatic heterocycles. The van der Waals surface area contributed by atoms with Crippen molar-refractivity contribution in [3.63, 3.8) is 0 Å². The van der Waals surface area contributed by atoms with E-state index in [4.69, 9.17) is 13.9 Å². The predicted molar refractivity (Wildman–Crippen MR) is 161 cm³/mol. The Bertz CT molecular complexity index is 1540. The fourth-order valence-corrected chi connectivity index (χ4v) is 6.72. The van der Waals surface area contributed by atoms with Crippen molar-refractivity contribution in [2.24, 2.45) is 5.92 Å². The number of benzene rings is 1. The van der Waals surface area contributed by atoms with E-state index < -0.39 is 5.43 Å². The molecule has 0 radical (unpaired) electrons. The van der Waals surface area contributed by atoms with Crippen molar-refractivity contribution in [1.82, 2.24) is 19.3 Å². The zero-order valence-corrected chi connectivity index (χ0v) is 24.9. The molecule has 2 bridgehead atoms. The van der Waals surface area contributed by atoms with Gasteiger partial charge in [-0.3, -0.25) is 24.3 Å². The summed E-state index contributed by atoms with van der Waals surface area (Å²) in [5.74, 6) is 2.89. The van der Waals surface area contributed by atoms with Crippen LogP contribution in [0.1, 0.15) is 35.1 Å². The Morgan fingerprint density at radius 3 is 2.38 bits per heavy atom. The minimum absolute atomic E-state index is 0. The smallest absolute Gasteiger partial charge is 0.250 e. The molecule has 1 aromatic carbocycles. The summed E-state index contributed by atoms with van der Waals surface area (Å²) >= 11 is 0. The number of piperazine rings is 1. The van der Waals surface area contributed by atoms with E-state index in [2.05, 4.69) is 26.8 Å². The second-order valence-electron chi connectivity index (χ2n) is 11.5. The maximum Gasteiger partial charge on any atom is 0.250 e. The van der Waals surface area contributed by atoms with Crippen LogP contribution in [0.3, 0.4) is 0 Å². The number of pyridine rings is 1. The quantitative estimate of drug-likeness (QED) is 0.447. The van der Waals surface area contributed by atoms with Gasteiger partial charge in [0, 0.05) is 76.1 Å². The molecule has 6 heterocycles. The van der Waals surface area contributed by atoms with Gasteiger partial charge in [0.1, 0.15) is 5.76 Å². The number of fused-ring (bicyclic) bond motifs is 5. The SMILES string of the molecule is Cl.Cl.O=c1cc(CN2C[C@H]3C[C@@H](C2)c2cccc(=O)n2C3)oc(CN2CCN(Cc3ccc4c(c3)OCO4)CC2)c1O. The number of rotatable bonds is 6. The molecule has 1 N–H and O–H groups in total. The highest BCUT2D eigenvalue weighted by Crippen LogP contribution is 2.36. The highest BCUT2D eigenvalue weighted by molar-refractivity contribution is 5.85. The number of nitrogens with zero attached hydrogens (tertiary/aromatic N) is 4. The molecule has 4 aliphatic heterocycles. The third-order valence-corrected chi connectivity index (χ3v) is 8.65. The number of likely N-dealkylation sites (tertiary alicyclic amines) is 1. The number of piperidine rings is 1. The van der Waals surface area contributed by atoms with Crippen LogP contribution in [0.4, 0.5) is 0 Å². The molecule has 2 saturated heterocycles. The molecule has 226 valence electrons. The summed E-state index contributed by atoms with van der Waals surface area (Å²) in [6, 6.07) is 13.0. The second kappa shape index (κ2) is 12.7. The summed E-state index contributed by atoms with van der Waals surface area (Å²) in [7, 11) is 0. The van der Waals surface area contributed by atoms with Crippen molar-refractivity contribution in [2.45, 2.75) is 38.5 Å². The van der Waals surface area contributed by atoms with E-state index in [1.54, 1.807) is 6.07 Å². The molecular weight excluding hydrogens is 583 g/mol. The Labute approximate surface area is 256 Å². The Kier molecular flexibility index (Phi) is 9.20. The van der Waals surface area contributed by atoms with Crippen molar-refractivity contribution < 1.29 is 19.0 Å². The second-order valence-corrected chi connectivity index (χ2v) is 11.5. The first-order valence-corrected chi connectivity index (χ1v) is 14.1. The molecule has 0 spiro atoms.